The van der Waals surface area contributed by atoms with E-state index >= 15 is 0 Å². The van der Waals surface area contributed by atoms with E-state index in [-0.39, 0.29) is 12.1 Å². The van der Waals surface area contributed by atoms with Crippen LogP contribution < -0.4 is 0 Å². The summed E-state index contributed by atoms with van der Waals surface area (Å²) in [7, 11) is -2.63. The van der Waals surface area contributed by atoms with Crippen LogP contribution in [0.1, 0.15) is 26.3 Å². The van der Waals surface area contributed by atoms with Crippen LogP contribution in [-0.2, 0) is 16.5 Å². The second-order valence-electron chi connectivity index (χ2n) is 5.89. The zero-order valence-corrected chi connectivity index (χ0v) is 13.6. The molecule has 1 aliphatic rings. The van der Waals surface area contributed by atoms with Crippen molar-refractivity contribution >= 4 is 9.92 Å². The second kappa shape index (κ2) is 5.84. The molecule has 1 heterocycles. The summed E-state index contributed by atoms with van der Waals surface area (Å²) >= 11 is 0. The van der Waals surface area contributed by atoms with Crippen molar-refractivity contribution in [1.82, 2.24) is 9.21 Å². The van der Waals surface area contributed by atoms with Gasteiger partial charge in [-0.25, -0.2) is 13.3 Å². The van der Waals surface area contributed by atoms with E-state index in [4.69, 9.17) is 4.78 Å². The fourth-order valence-corrected chi connectivity index (χ4v) is 4.32. The minimum absolute atomic E-state index is 0.130. The molecule has 20 heavy (non-hydrogen) atoms. The third kappa shape index (κ3) is 3.22. The molecule has 1 N–H and O–H groups in total. The Bertz CT molecular complexity index is 543. The lowest BCUT2D eigenvalue weighted by Gasteiger charge is -2.48. The molecule has 0 aliphatic carbocycles. The first-order chi connectivity index (χ1) is 9.30. The van der Waals surface area contributed by atoms with E-state index in [1.54, 1.807) is 0 Å². The number of benzene rings is 1. The Morgan fingerprint density at radius 2 is 1.80 bits per heavy atom. The van der Waals surface area contributed by atoms with E-state index in [9.17, 15) is 4.21 Å². The highest BCUT2D eigenvalue weighted by Crippen LogP contribution is 2.25. The highest BCUT2D eigenvalue weighted by molar-refractivity contribution is 7.89. The van der Waals surface area contributed by atoms with Crippen LogP contribution in [0.4, 0.5) is 0 Å². The average molecular weight is 295 g/mol. The van der Waals surface area contributed by atoms with Gasteiger partial charge in [0.1, 0.15) is 9.92 Å². The molecule has 4 atom stereocenters. The molecule has 0 aromatic heterocycles. The normalized spacial score (nSPS) is 31.9. The van der Waals surface area contributed by atoms with Gasteiger partial charge in [-0.2, -0.15) is 0 Å². The zero-order valence-electron chi connectivity index (χ0n) is 12.7. The van der Waals surface area contributed by atoms with Crippen LogP contribution >= 0.6 is 0 Å². The van der Waals surface area contributed by atoms with E-state index in [2.05, 4.69) is 49.9 Å². The standard InChI is InChI=1S/C15H25N3OS/c1-12-10-18(20(4,16)19)14(3)13(2)17(12)11-15-8-6-5-7-9-15/h5-9,12-14,16H,10-11H2,1-4H3. The van der Waals surface area contributed by atoms with Gasteiger partial charge in [0, 0.05) is 37.5 Å². The van der Waals surface area contributed by atoms with Crippen LogP contribution in [0.3, 0.4) is 0 Å². The molecular formula is C15H25N3OS. The molecule has 4 unspecified atom stereocenters. The van der Waals surface area contributed by atoms with Crippen molar-refractivity contribution in [3.63, 3.8) is 0 Å². The molecule has 0 amide bonds. The van der Waals surface area contributed by atoms with Gasteiger partial charge in [0.05, 0.1) is 0 Å². The molecule has 2 rings (SSSR count). The Morgan fingerprint density at radius 3 is 2.35 bits per heavy atom. The molecule has 1 saturated heterocycles. The third-order valence-electron chi connectivity index (χ3n) is 4.34. The van der Waals surface area contributed by atoms with Crippen molar-refractivity contribution in [1.29, 1.82) is 4.78 Å². The highest BCUT2D eigenvalue weighted by atomic mass is 32.2. The van der Waals surface area contributed by atoms with Crippen molar-refractivity contribution in [2.75, 3.05) is 12.8 Å². The van der Waals surface area contributed by atoms with Crippen LogP contribution in [0, 0.1) is 4.78 Å². The van der Waals surface area contributed by atoms with Gasteiger partial charge in [-0.3, -0.25) is 4.90 Å². The molecule has 0 bridgehead atoms. The lowest BCUT2D eigenvalue weighted by molar-refractivity contribution is 0.0357. The Hall–Kier alpha value is -0.910. The van der Waals surface area contributed by atoms with Gasteiger partial charge in [0.15, 0.2) is 0 Å². The van der Waals surface area contributed by atoms with E-state index < -0.39 is 9.92 Å². The minimum atomic E-state index is -2.63. The maximum absolute atomic E-state index is 12.1. The summed E-state index contributed by atoms with van der Waals surface area (Å²) in [6, 6.07) is 11.2. The van der Waals surface area contributed by atoms with Crippen molar-refractivity contribution in [3.05, 3.63) is 35.9 Å². The van der Waals surface area contributed by atoms with Gasteiger partial charge in [-0.1, -0.05) is 30.3 Å². The smallest absolute Gasteiger partial charge is 0.105 e. The Kier molecular flexibility index (Phi) is 4.52. The Labute approximate surface area is 122 Å². The van der Waals surface area contributed by atoms with Gasteiger partial charge in [-0.05, 0) is 26.3 Å². The van der Waals surface area contributed by atoms with Crippen molar-refractivity contribution < 1.29 is 4.21 Å². The van der Waals surface area contributed by atoms with Gasteiger partial charge < -0.3 is 0 Å². The summed E-state index contributed by atoms with van der Waals surface area (Å²) in [6.07, 6.45) is 1.52. The first-order valence-corrected chi connectivity index (χ1v) is 9.03. The number of nitrogens with one attached hydrogen (secondary N) is 1. The van der Waals surface area contributed by atoms with E-state index in [1.165, 1.54) is 11.8 Å². The molecule has 0 radical (unpaired) electrons. The highest BCUT2D eigenvalue weighted by Gasteiger charge is 2.37. The molecule has 112 valence electrons. The molecule has 1 aromatic rings. The lowest BCUT2D eigenvalue weighted by atomic mass is 10.0. The van der Waals surface area contributed by atoms with Crippen LogP contribution in [0.25, 0.3) is 0 Å². The fraction of sp³-hybridized carbons (Fsp3) is 0.600. The Balaban J connectivity index is 2.17. The van der Waals surface area contributed by atoms with Crippen LogP contribution in [-0.4, -0.2) is 44.3 Å². The quantitative estimate of drug-likeness (QED) is 0.931. The van der Waals surface area contributed by atoms with Gasteiger partial charge in [0.25, 0.3) is 0 Å². The van der Waals surface area contributed by atoms with Crippen molar-refractivity contribution in [2.24, 2.45) is 0 Å². The topological polar surface area (TPSA) is 47.4 Å². The van der Waals surface area contributed by atoms with Crippen molar-refractivity contribution in [2.45, 2.75) is 45.4 Å². The Morgan fingerprint density at radius 1 is 1.20 bits per heavy atom. The molecular weight excluding hydrogens is 270 g/mol. The van der Waals surface area contributed by atoms with Gasteiger partial charge in [-0.15, -0.1) is 0 Å². The first-order valence-electron chi connectivity index (χ1n) is 7.11. The number of rotatable bonds is 3. The maximum atomic E-state index is 12.1. The average Bonchev–Trinajstić information content (AvgIpc) is 2.39. The van der Waals surface area contributed by atoms with E-state index in [1.807, 2.05) is 10.4 Å². The first kappa shape index (κ1) is 15.5. The third-order valence-corrected chi connectivity index (χ3v) is 5.72. The summed E-state index contributed by atoms with van der Waals surface area (Å²) in [5.74, 6) is 0. The second-order valence-corrected chi connectivity index (χ2v) is 7.96. The van der Waals surface area contributed by atoms with E-state index in [0.717, 1.165) is 6.54 Å². The summed E-state index contributed by atoms with van der Waals surface area (Å²) in [5.41, 5.74) is 1.30. The predicted octanol–water partition coefficient (Wildman–Crippen LogP) is 2.56. The molecule has 0 saturated carbocycles. The summed E-state index contributed by atoms with van der Waals surface area (Å²) in [6.45, 7) is 8.00. The SMILES string of the molecule is CC1CN(S(C)(=N)=O)C(C)C(C)N1Cc1ccccc1. The zero-order chi connectivity index (χ0) is 14.9. The molecule has 1 aromatic carbocycles. The summed E-state index contributed by atoms with van der Waals surface area (Å²) in [5, 5.41) is 0. The van der Waals surface area contributed by atoms with E-state index in [0.29, 0.717) is 12.6 Å². The fourth-order valence-electron chi connectivity index (χ4n) is 3.00. The molecule has 0 spiro atoms. The van der Waals surface area contributed by atoms with Crippen molar-refractivity contribution in [3.8, 4) is 0 Å². The lowest BCUT2D eigenvalue weighted by Crippen LogP contribution is -2.61. The van der Waals surface area contributed by atoms with Gasteiger partial charge in [0.2, 0.25) is 0 Å². The molecule has 4 nitrogen and oxygen atoms in total. The monoisotopic (exact) mass is 295 g/mol. The molecule has 1 aliphatic heterocycles. The number of hydrogen-bond acceptors (Lipinski definition) is 3. The number of piperazine rings is 1. The number of nitrogens with zero attached hydrogens (tertiary/aromatic N) is 2. The summed E-state index contributed by atoms with van der Waals surface area (Å²) < 4.78 is 21.8. The maximum Gasteiger partial charge on any atom is 0.105 e. The van der Waals surface area contributed by atoms with Crippen LogP contribution in [0.5, 0.6) is 0 Å². The van der Waals surface area contributed by atoms with Gasteiger partial charge >= 0.3 is 0 Å². The largest absolute Gasteiger partial charge is 0.291 e. The minimum Gasteiger partial charge on any atom is -0.291 e. The summed E-state index contributed by atoms with van der Waals surface area (Å²) in [4.78, 5) is 2.45. The van der Waals surface area contributed by atoms with Crippen LogP contribution in [0.15, 0.2) is 30.3 Å². The number of hydrogen-bond donors (Lipinski definition) is 1. The molecule has 1 fully saturated rings. The molecule has 5 heteroatoms. The van der Waals surface area contributed by atoms with Crippen LogP contribution in [0.2, 0.25) is 0 Å². The predicted molar refractivity (Wildman–Crippen MR) is 83.9 cm³/mol.